The summed E-state index contributed by atoms with van der Waals surface area (Å²) in [6.07, 6.45) is 1.82. The van der Waals surface area contributed by atoms with Crippen molar-refractivity contribution in [3.8, 4) is 0 Å². The van der Waals surface area contributed by atoms with Gasteiger partial charge >= 0.3 is 0 Å². The zero-order chi connectivity index (χ0) is 12.9. The van der Waals surface area contributed by atoms with Gasteiger partial charge in [-0.05, 0) is 32.4 Å². The van der Waals surface area contributed by atoms with Crippen molar-refractivity contribution in [2.45, 2.75) is 26.4 Å². The van der Waals surface area contributed by atoms with Crippen LogP contribution in [-0.4, -0.2) is 23.2 Å². The molecule has 1 rings (SSSR count). The van der Waals surface area contributed by atoms with Crippen molar-refractivity contribution >= 4 is 12.0 Å². The standard InChI is InChI=1S/C14H19NO2/c1-11(9-12-7-5-4-6-8-12)13(16)15-10-14(2,3)17/h4-9,17H,10H2,1-3H3,(H,15,16)/b11-9+. The molecule has 0 fully saturated rings. The number of hydrogen-bond acceptors (Lipinski definition) is 2. The third-order valence-corrected chi connectivity index (χ3v) is 2.22. The molecule has 92 valence electrons. The van der Waals surface area contributed by atoms with Crippen molar-refractivity contribution in [3.63, 3.8) is 0 Å². The van der Waals surface area contributed by atoms with Crippen LogP contribution in [0.4, 0.5) is 0 Å². The Labute approximate surface area is 102 Å². The van der Waals surface area contributed by atoms with Gasteiger partial charge in [0, 0.05) is 12.1 Å². The molecule has 1 aromatic carbocycles. The maximum atomic E-state index is 11.7. The average Bonchev–Trinajstić information content (AvgIpc) is 2.26. The number of benzene rings is 1. The largest absolute Gasteiger partial charge is 0.389 e. The van der Waals surface area contributed by atoms with E-state index in [0.717, 1.165) is 5.56 Å². The van der Waals surface area contributed by atoms with Gasteiger partial charge in [0.2, 0.25) is 5.91 Å². The Kier molecular flexibility index (Phi) is 4.46. The lowest BCUT2D eigenvalue weighted by atomic mass is 10.1. The number of rotatable bonds is 4. The van der Waals surface area contributed by atoms with Gasteiger partial charge in [-0.2, -0.15) is 0 Å². The third kappa shape index (κ3) is 5.31. The van der Waals surface area contributed by atoms with E-state index < -0.39 is 5.60 Å². The van der Waals surface area contributed by atoms with E-state index in [1.807, 2.05) is 36.4 Å². The average molecular weight is 233 g/mol. The van der Waals surface area contributed by atoms with Crippen molar-refractivity contribution in [1.29, 1.82) is 0 Å². The Morgan fingerprint density at radius 1 is 1.35 bits per heavy atom. The molecule has 0 atom stereocenters. The van der Waals surface area contributed by atoms with Gasteiger partial charge in [-0.15, -0.1) is 0 Å². The van der Waals surface area contributed by atoms with Gasteiger partial charge in [0.15, 0.2) is 0 Å². The maximum Gasteiger partial charge on any atom is 0.247 e. The fourth-order valence-electron chi connectivity index (χ4n) is 1.30. The maximum absolute atomic E-state index is 11.7. The number of nitrogens with one attached hydrogen (secondary N) is 1. The van der Waals surface area contributed by atoms with E-state index in [-0.39, 0.29) is 12.5 Å². The summed E-state index contributed by atoms with van der Waals surface area (Å²) in [7, 11) is 0. The fourth-order valence-corrected chi connectivity index (χ4v) is 1.30. The molecule has 3 nitrogen and oxygen atoms in total. The molecule has 0 saturated heterocycles. The molecule has 0 aliphatic carbocycles. The lowest BCUT2D eigenvalue weighted by molar-refractivity contribution is -0.118. The topological polar surface area (TPSA) is 49.3 Å². The molecule has 0 aliphatic heterocycles. The Hall–Kier alpha value is -1.61. The van der Waals surface area contributed by atoms with Crippen LogP contribution in [0.2, 0.25) is 0 Å². The molecule has 0 saturated carbocycles. The van der Waals surface area contributed by atoms with E-state index in [0.29, 0.717) is 5.57 Å². The minimum Gasteiger partial charge on any atom is -0.389 e. The summed E-state index contributed by atoms with van der Waals surface area (Å²) in [6, 6.07) is 9.66. The third-order valence-electron chi connectivity index (χ3n) is 2.22. The minimum atomic E-state index is -0.886. The van der Waals surface area contributed by atoms with Gasteiger partial charge in [-0.3, -0.25) is 4.79 Å². The summed E-state index contributed by atoms with van der Waals surface area (Å²) in [5, 5.41) is 12.2. The van der Waals surface area contributed by atoms with Crippen LogP contribution < -0.4 is 5.32 Å². The summed E-state index contributed by atoms with van der Waals surface area (Å²) < 4.78 is 0. The Bertz CT molecular complexity index is 402. The lowest BCUT2D eigenvalue weighted by Crippen LogP contribution is -2.38. The van der Waals surface area contributed by atoms with Crippen LogP contribution in [-0.2, 0) is 4.79 Å². The first-order valence-electron chi connectivity index (χ1n) is 5.62. The molecule has 1 aromatic rings. The van der Waals surface area contributed by atoms with Gasteiger partial charge in [0.1, 0.15) is 0 Å². The van der Waals surface area contributed by atoms with Crippen LogP contribution in [0.3, 0.4) is 0 Å². The van der Waals surface area contributed by atoms with E-state index in [1.54, 1.807) is 20.8 Å². The van der Waals surface area contributed by atoms with E-state index in [9.17, 15) is 9.90 Å². The van der Waals surface area contributed by atoms with Crippen molar-refractivity contribution in [1.82, 2.24) is 5.32 Å². The molecule has 3 heteroatoms. The van der Waals surface area contributed by atoms with Crippen LogP contribution in [0, 0.1) is 0 Å². The predicted molar refractivity (Wildman–Crippen MR) is 69.4 cm³/mol. The number of carbonyl (C=O) groups excluding carboxylic acids is 1. The Morgan fingerprint density at radius 3 is 2.47 bits per heavy atom. The van der Waals surface area contributed by atoms with Crippen LogP contribution in [0.5, 0.6) is 0 Å². The molecule has 0 heterocycles. The Balaban J connectivity index is 2.61. The molecule has 17 heavy (non-hydrogen) atoms. The molecule has 0 bridgehead atoms. The van der Waals surface area contributed by atoms with Crippen LogP contribution in [0.25, 0.3) is 6.08 Å². The van der Waals surface area contributed by atoms with E-state index in [1.165, 1.54) is 0 Å². The minimum absolute atomic E-state index is 0.157. The second-order valence-corrected chi connectivity index (χ2v) is 4.73. The van der Waals surface area contributed by atoms with Crippen molar-refractivity contribution < 1.29 is 9.90 Å². The summed E-state index contributed by atoms with van der Waals surface area (Å²) >= 11 is 0. The predicted octanol–water partition coefficient (Wildman–Crippen LogP) is 1.98. The van der Waals surface area contributed by atoms with Crippen LogP contribution >= 0.6 is 0 Å². The molecule has 0 radical (unpaired) electrons. The molecule has 0 spiro atoms. The van der Waals surface area contributed by atoms with Gasteiger partial charge in [0.25, 0.3) is 0 Å². The van der Waals surface area contributed by atoms with Gasteiger partial charge < -0.3 is 10.4 Å². The van der Waals surface area contributed by atoms with E-state index in [4.69, 9.17) is 0 Å². The van der Waals surface area contributed by atoms with Crippen molar-refractivity contribution in [2.24, 2.45) is 0 Å². The monoisotopic (exact) mass is 233 g/mol. The normalized spacial score (nSPS) is 12.4. The summed E-state index contributed by atoms with van der Waals surface area (Å²) in [5.41, 5.74) is 0.728. The first-order valence-corrected chi connectivity index (χ1v) is 5.62. The second kappa shape index (κ2) is 5.64. The number of amides is 1. The van der Waals surface area contributed by atoms with E-state index >= 15 is 0 Å². The molecule has 0 aliphatic rings. The van der Waals surface area contributed by atoms with Crippen molar-refractivity contribution in [2.75, 3.05) is 6.54 Å². The zero-order valence-electron chi connectivity index (χ0n) is 10.5. The second-order valence-electron chi connectivity index (χ2n) is 4.73. The number of hydrogen-bond donors (Lipinski definition) is 2. The molecule has 2 N–H and O–H groups in total. The fraction of sp³-hybridized carbons (Fsp3) is 0.357. The first kappa shape index (κ1) is 13.5. The molecular weight excluding hydrogens is 214 g/mol. The highest BCUT2D eigenvalue weighted by molar-refractivity contribution is 5.97. The van der Waals surface area contributed by atoms with Gasteiger partial charge in [0.05, 0.1) is 5.60 Å². The highest BCUT2D eigenvalue weighted by Crippen LogP contribution is 2.06. The van der Waals surface area contributed by atoms with Gasteiger partial charge in [-0.1, -0.05) is 30.3 Å². The van der Waals surface area contributed by atoms with Crippen molar-refractivity contribution in [3.05, 3.63) is 41.5 Å². The summed E-state index contributed by atoms with van der Waals surface area (Å²) in [5.74, 6) is -0.157. The smallest absolute Gasteiger partial charge is 0.247 e. The SMILES string of the molecule is C/C(=C\c1ccccc1)C(=O)NCC(C)(C)O. The molecule has 0 aromatic heterocycles. The van der Waals surface area contributed by atoms with Gasteiger partial charge in [-0.25, -0.2) is 0 Å². The van der Waals surface area contributed by atoms with E-state index in [2.05, 4.69) is 5.32 Å². The van der Waals surface area contributed by atoms with Crippen LogP contribution in [0.1, 0.15) is 26.3 Å². The zero-order valence-corrected chi connectivity index (χ0v) is 10.5. The molecule has 1 amide bonds. The molecule has 0 unspecified atom stereocenters. The summed E-state index contributed by atoms with van der Waals surface area (Å²) in [6.45, 7) is 5.31. The lowest BCUT2D eigenvalue weighted by Gasteiger charge is -2.17. The van der Waals surface area contributed by atoms with Crippen LogP contribution in [0.15, 0.2) is 35.9 Å². The number of aliphatic hydroxyl groups is 1. The first-order chi connectivity index (χ1) is 7.88. The highest BCUT2D eigenvalue weighted by atomic mass is 16.3. The Morgan fingerprint density at radius 2 is 1.94 bits per heavy atom. The number of carbonyl (C=O) groups is 1. The summed E-state index contributed by atoms with van der Waals surface area (Å²) in [4.78, 5) is 11.7. The molecular formula is C14H19NO2. The highest BCUT2D eigenvalue weighted by Gasteiger charge is 2.14. The quantitative estimate of drug-likeness (QED) is 0.781.